The molecule has 0 bridgehead atoms. The Labute approximate surface area is 133 Å². The summed E-state index contributed by atoms with van der Waals surface area (Å²) in [6.07, 6.45) is 0. The Morgan fingerprint density at radius 2 is 1.87 bits per heavy atom. The van der Waals surface area contributed by atoms with Gasteiger partial charge in [-0.15, -0.1) is 0 Å². The van der Waals surface area contributed by atoms with Crippen LogP contribution in [0.15, 0.2) is 48.5 Å². The number of amides is 1. The number of carbonyl (C=O) groups is 1. The third kappa shape index (κ3) is 3.21. The average Bonchev–Trinajstić information content (AvgIpc) is 2.59. The second kappa shape index (κ2) is 6.31. The van der Waals surface area contributed by atoms with E-state index >= 15 is 0 Å². The van der Waals surface area contributed by atoms with Crippen molar-refractivity contribution in [2.75, 3.05) is 12.5 Å². The summed E-state index contributed by atoms with van der Waals surface area (Å²) >= 11 is 0. The van der Waals surface area contributed by atoms with Crippen molar-refractivity contribution in [3.8, 4) is 17.0 Å². The molecule has 0 unspecified atom stereocenters. The van der Waals surface area contributed by atoms with Crippen LogP contribution < -0.4 is 15.6 Å². The van der Waals surface area contributed by atoms with Gasteiger partial charge in [0.1, 0.15) is 5.75 Å². The molecule has 0 radical (unpaired) electrons. The van der Waals surface area contributed by atoms with Crippen LogP contribution in [0.25, 0.3) is 22.2 Å². The second-order valence-electron chi connectivity index (χ2n) is 4.95. The minimum atomic E-state index is -0.218. The number of methoxy groups -OCH3 is 1. The maximum absolute atomic E-state index is 11.1. The molecule has 1 aromatic heterocycles. The largest absolute Gasteiger partial charge is 0.497 e. The van der Waals surface area contributed by atoms with Gasteiger partial charge in [0.25, 0.3) is 0 Å². The summed E-state index contributed by atoms with van der Waals surface area (Å²) in [5, 5.41) is 0.879. The molecule has 6 nitrogen and oxygen atoms in total. The Morgan fingerprint density at radius 1 is 1.09 bits per heavy atom. The number of hydrazine groups is 1. The molecule has 6 heteroatoms. The van der Waals surface area contributed by atoms with Gasteiger partial charge in [0.15, 0.2) is 0 Å². The van der Waals surface area contributed by atoms with Gasteiger partial charge in [-0.1, -0.05) is 30.3 Å². The van der Waals surface area contributed by atoms with E-state index in [4.69, 9.17) is 4.74 Å². The molecule has 0 saturated carbocycles. The van der Waals surface area contributed by atoms with Gasteiger partial charge in [-0.25, -0.2) is 9.97 Å². The lowest BCUT2D eigenvalue weighted by molar-refractivity contribution is -0.118. The summed E-state index contributed by atoms with van der Waals surface area (Å²) in [5.41, 5.74) is 7.69. The molecule has 2 aromatic carbocycles. The zero-order chi connectivity index (χ0) is 16.2. The SMILES string of the molecule is COc1ccc2nc(NNC(C)=O)nc(-c3ccccc3)c2c1. The number of rotatable bonds is 4. The first-order valence-electron chi connectivity index (χ1n) is 7.11. The number of benzene rings is 2. The predicted molar refractivity (Wildman–Crippen MR) is 89.0 cm³/mol. The first-order valence-corrected chi connectivity index (χ1v) is 7.11. The summed E-state index contributed by atoms with van der Waals surface area (Å²) in [6.45, 7) is 1.41. The van der Waals surface area contributed by atoms with E-state index in [1.165, 1.54) is 6.92 Å². The molecule has 0 aliphatic carbocycles. The zero-order valence-electron chi connectivity index (χ0n) is 12.8. The molecule has 3 rings (SSSR count). The Balaban J connectivity index is 2.17. The molecular formula is C17H16N4O2. The third-order valence-corrected chi connectivity index (χ3v) is 3.30. The van der Waals surface area contributed by atoms with Gasteiger partial charge < -0.3 is 4.74 Å². The molecule has 0 fully saturated rings. The van der Waals surface area contributed by atoms with Gasteiger partial charge in [0, 0.05) is 17.9 Å². The number of nitrogens with one attached hydrogen (secondary N) is 2. The highest BCUT2D eigenvalue weighted by Gasteiger charge is 2.11. The van der Waals surface area contributed by atoms with E-state index in [2.05, 4.69) is 20.8 Å². The van der Waals surface area contributed by atoms with Crippen molar-refractivity contribution in [2.45, 2.75) is 6.92 Å². The van der Waals surface area contributed by atoms with Gasteiger partial charge in [0.05, 0.1) is 18.3 Å². The van der Waals surface area contributed by atoms with Gasteiger partial charge in [-0.05, 0) is 18.2 Å². The van der Waals surface area contributed by atoms with Crippen molar-refractivity contribution in [1.82, 2.24) is 15.4 Å². The van der Waals surface area contributed by atoms with Crippen molar-refractivity contribution < 1.29 is 9.53 Å². The highest BCUT2D eigenvalue weighted by molar-refractivity contribution is 5.94. The Bertz CT molecular complexity index is 850. The Kier molecular flexibility index (Phi) is 4.05. The van der Waals surface area contributed by atoms with E-state index in [0.29, 0.717) is 5.95 Å². The predicted octanol–water partition coefficient (Wildman–Crippen LogP) is 2.77. The van der Waals surface area contributed by atoms with E-state index in [9.17, 15) is 4.79 Å². The van der Waals surface area contributed by atoms with Crippen LogP contribution in [0.4, 0.5) is 5.95 Å². The van der Waals surface area contributed by atoms with E-state index in [1.807, 2.05) is 48.5 Å². The van der Waals surface area contributed by atoms with E-state index in [1.54, 1.807) is 7.11 Å². The molecule has 1 heterocycles. The number of hydrogen-bond acceptors (Lipinski definition) is 5. The van der Waals surface area contributed by atoms with Crippen LogP contribution in [-0.2, 0) is 4.79 Å². The Morgan fingerprint density at radius 3 is 2.57 bits per heavy atom. The lowest BCUT2D eigenvalue weighted by Gasteiger charge is -2.11. The third-order valence-electron chi connectivity index (χ3n) is 3.30. The fourth-order valence-corrected chi connectivity index (χ4v) is 2.25. The molecule has 0 spiro atoms. The highest BCUT2D eigenvalue weighted by atomic mass is 16.5. The Hall–Kier alpha value is -3.15. The standard InChI is InChI=1S/C17H16N4O2/c1-11(22)20-21-17-18-15-9-8-13(23-2)10-14(15)16(19-17)12-6-4-3-5-7-12/h3-10H,1-2H3,(H,20,22)(H,18,19,21). The molecule has 0 saturated heterocycles. The number of nitrogens with zero attached hydrogens (tertiary/aromatic N) is 2. The van der Waals surface area contributed by atoms with Crippen molar-refractivity contribution in [3.05, 3.63) is 48.5 Å². The number of anilines is 1. The number of aromatic nitrogens is 2. The van der Waals surface area contributed by atoms with E-state index in [-0.39, 0.29) is 5.91 Å². The van der Waals surface area contributed by atoms with Crippen molar-refractivity contribution in [2.24, 2.45) is 0 Å². The van der Waals surface area contributed by atoms with Crippen LogP contribution in [0.5, 0.6) is 5.75 Å². The average molecular weight is 308 g/mol. The van der Waals surface area contributed by atoms with Gasteiger partial charge >= 0.3 is 0 Å². The monoisotopic (exact) mass is 308 g/mol. The topological polar surface area (TPSA) is 76.1 Å². The first kappa shape index (κ1) is 14.8. The maximum Gasteiger partial charge on any atom is 0.242 e. The molecule has 3 aromatic rings. The number of carbonyl (C=O) groups excluding carboxylic acids is 1. The van der Waals surface area contributed by atoms with Crippen molar-refractivity contribution in [1.29, 1.82) is 0 Å². The van der Waals surface area contributed by atoms with Crippen LogP contribution in [-0.4, -0.2) is 23.0 Å². The minimum Gasteiger partial charge on any atom is -0.497 e. The van der Waals surface area contributed by atoms with Gasteiger partial charge in [-0.3, -0.25) is 15.6 Å². The van der Waals surface area contributed by atoms with Crippen LogP contribution in [0, 0.1) is 0 Å². The van der Waals surface area contributed by atoms with Gasteiger partial charge in [0.2, 0.25) is 11.9 Å². The molecule has 1 amide bonds. The van der Waals surface area contributed by atoms with Gasteiger partial charge in [-0.2, -0.15) is 0 Å². The van der Waals surface area contributed by atoms with Crippen LogP contribution in [0.3, 0.4) is 0 Å². The lowest BCUT2D eigenvalue weighted by Crippen LogP contribution is -2.27. The fourth-order valence-electron chi connectivity index (χ4n) is 2.25. The quantitative estimate of drug-likeness (QED) is 0.725. The molecular weight excluding hydrogens is 292 g/mol. The van der Waals surface area contributed by atoms with Crippen LogP contribution >= 0.6 is 0 Å². The molecule has 0 atom stereocenters. The van der Waals surface area contributed by atoms with Crippen molar-refractivity contribution in [3.63, 3.8) is 0 Å². The number of fused-ring (bicyclic) bond motifs is 1. The maximum atomic E-state index is 11.1. The minimum absolute atomic E-state index is 0.218. The smallest absolute Gasteiger partial charge is 0.242 e. The highest BCUT2D eigenvalue weighted by Crippen LogP contribution is 2.29. The molecule has 0 aliphatic rings. The van der Waals surface area contributed by atoms with Crippen LogP contribution in [0.1, 0.15) is 6.92 Å². The second-order valence-corrected chi connectivity index (χ2v) is 4.95. The summed E-state index contributed by atoms with van der Waals surface area (Å²) in [7, 11) is 1.62. The number of hydrogen-bond donors (Lipinski definition) is 2. The van der Waals surface area contributed by atoms with E-state index < -0.39 is 0 Å². The zero-order valence-corrected chi connectivity index (χ0v) is 12.8. The summed E-state index contributed by atoms with van der Waals surface area (Å²) in [6, 6.07) is 15.4. The normalized spacial score (nSPS) is 10.3. The van der Waals surface area contributed by atoms with Crippen LogP contribution in [0.2, 0.25) is 0 Å². The van der Waals surface area contributed by atoms with Crippen molar-refractivity contribution >= 4 is 22.8 Å². The summed E-state index contributed by atoms with van der Waals surface area (Å²) < 4.78 is 5.29. The fraction of sp³-hybridized carbons (Fsp3) is 0.118. The summed E-state index contributed by atoms with van der Waals surface area (Å²) in [4.78, 5) is 20.0. The first-order chi connectivity index (χ1) is 11.2. The molecule has 23 heavy (non-hydrogen) atoms. The lowest BCUT2D eigenvalue weighted by atomic mass is 10.1. The molecule has 0 aliphatic heterocycles. The summed E-state index contributed by atoms with van der Waals surface area (Å²) in [5.74, 6) is 0.849. The number of ether oxygens (including phenoxy) is 1. The molecule has 116 valence electrons. The molecule has 2 N–H and O–H groups in total. The van der Waals surface area contributed by atoms with E-state index in [0.717, 1.165) is 27.9 Å².